The number of rotatable bonds is 6. The number of Topliss-reactive ketones (excluding diaryl/α,β-unsaturated/α-hetero) is 1. The Hall–Kier alpha value is -4.06. The number of methoxy groups -OCH3 is 2. The topological polar surface area (TPSA) is 76.1 Å². The molecule has 1 N–H and O–H groups in total. The molecule has 1 atom stereocenters. The lowest BCUT2D eigenvalue weighted by molar-refractivity contribution is -0.140. The molecule has 0 aliphatic carbocycles. The van der Waals surface area contributed by atoms with Gasteiger partial charge in [0, 0.05) is 6.54 Å². The van der Waals surface area contributed by atoms with Gasteiger partial charge in [-0.15, -0.1) is 0 Å². The van der Waals surface area contributed by atoms with Crippen LogP contribution in [-0.2, 0) is 16.1 Å². The summed E-state index contributed by atoms with van der Waals surface area (Å²) in [5.41, 5.74) is 3.70. The number of ether oxygens (including phenoxy) is 2. The van der Waals surface area contributed by atoms with Gasteiger partial charge in [0.1, 0.15) is 17.3 Å². The third-order valence-electron chi connectivity index (χ3n) is 6.02. The first-order chi connectivity index (χ1) is 16.3. The van der Waals surface area contributed by atoms with Gasteiger partial charge >= 0.3 is 0 Å². The lowest BCUT2D eigenvalue weighted by atomic mass is 9.93. The summed E-state index contributed by atoms with van der Waals surface area (Å²) < 4.78 is 10.9. The third kappa shape index (κ3) is 4.15. The molecule has 6 nitrogen and oxygen atoms in total. The molecule has 3 aromatic carbocycles. The maximum absolute atomic E-state index is 13.3. The lowest BCUT2D eigenvalue weighted by Crippen LogP contribution is -2.29. The van der Waals surface area contributed by atoms with E-state index in [0.717, 1.165) is 22.3 Å². The molecule has 1 fully saturated rings. The van der Waals surface area contributed by atoms with Crippen molar-refractivity contribution in [2.24, 2.45) is 0 Å². The maximum Gasteiger partial charge on any atom is 0.295 e. The van der Waals surface area contributed by atoms with E-state index >= 15 is 0 Å². The van der Waals surface area contributed by atoms with E-state index in [4.69, 9.17) is 9.47 Å². The minimum absolute atomic E-state index is 0.0439. The number of likely N-dealkylation sites (tertiary alicyclic amines) is 1. The molecular weight excluding hydrogens is 430 g/mol. The van der Waals surface area contributed by atoms with Crippen LogP contribution in [0.25, 0.3) is 5.76 Å². The summed E-state index contributed by atoms with van der Waals surface area (Å²) in [5.74, 6) is -0.514. The zero-order valence-corrected chi connectivity index (χ0v) is 19.7. The predicted molar refractivity (Wildman–Crippen MR) is 130 cm³/mol. The number of ketones is 1. The first-order valence-electron chi connectivity index (χ1n) is 11.0. The van der Waals surface area contributed by atoms with Gasteiger partial charge in [-0.05, 0) is 54.3 Å². The Morgan fingerprint density at radius 1 is 0.941 bits per heavy atom. The highest BCUT2D eigenvalue weighted by atomic mass is 16.5. The zero-order valence-electron chi connectivity index (χ0n) is 19.7. The average Bonchev–Trinajstić information content (AvgIpc) is 3.08. The van der Waals surface area contributed by atoms with Crippen molar-refractivity contribution >= 4 is 17.4 Å². The fourth-order valence-electron chi connectivity index (χ4n) is 4.54. The van der Waals surface area contributed by atoms with Gasteiger partial charge in [-0.1, -0.05) is 48.5 Å². The number of aryl methyl sites for hydroxylation is 2. The van der Waals surface area contributed by atoms with Crippen LogP contribution < -0.4 is 9.47 Å². The molecule has 1 heterocycles. The second kappa shape index (κ2) is 9.43. The van der Waals surface area contributed by atoms with E-state index in [0.29, 0.717) is 17.1 Å². The van der Waals surface area contributed by atoms with Crippen molar-refractivity contribution in [3.05, 3.63) is 100 Å². The summed E-state index contributed by atoms with van der Waals surface area (Å²) in [6, 6.07) is 19.6. The van der Waals surface area contributed by atoms with E-state index in [1.165, 1.54) is 12.0 Å². The fourth-order valence-corrected chi connectivity index (χ4v) is 4.54. The molecule has 0 saturated carbocycles. The highest BCUT2D eigenvalue weighted by molar-refractivity contribution is 6.46. The van der Waals surface area contributed by atoms with Gasteiger partial charge in [0.05, 0.1) is 31.4 Å². The van der Waals surface area contributed by atoms with Gasteiger partial charge in [0.15, 0.2) is 0 Å². The van der Waals surface area contributed by atoms with Crippen molar-refractivity contribution in [3.8, 4) is 11.5 Å². The van der Waals surface area contributed by atoms with E-state index in [-0.39, 0.29) is 17.9 Å². The van der Waals surface area contributed by atoms with Crippen molar-refractivity contribution in [1.29, 1.82) is 0 Å². The van der Waals surface area contributed by atoms with Crippen LogP contribution >= 0.6 is 0 Å². The molecule has 1 saturated heterocycles. The van der Waals surface area contributed by atoms with Crippen LogP contribution in [-0.4, -0.2) is 35.9 Å². The molecule has 4 rings (SSSR count). The van der Waals surface area contributed by atoms with Gasteiger partial charge < -0.3 is 19.5 Å². The Balaban J connectivity index is 1.90. The average molecular weight is 458 g/mol. The maximum atomic E-state index is 13.3. The first-order valence-corrected chi connectivity index (χ1v) is 11.0. The van der Waals surface area contributed by atoms with Gasteiger partial charge in [0.25, 0.3) is 11.7 Å². The number of carbonyl (C=O) groups is 2. The first kappa shape index (κ1) is 23.1. The summed E-state index contributed by atoms with van der Waals surface area (Å²) in [6.07, 6.45) is 0. The number of hydrogen-bond acceptors (Lipinski definition) is 5. The standard InChI is InChI=1S/C28H27NO5/c1-17-13-18(2)27(34-4)22(14-17)25(30)23-24(20-10-6-5-7-11-20)29(28(32)26(23)31)16-19-9-8-12-21(15-19)33-3/h5-15,24,30H,16H2,1-4H3/b25-23+. The minimum atomic E-state index is -0.752. The van der Waals surface area contributed by atoms with Crippen LogP contribution in [0.3, 0.4) is 0 Å². The Bertz CT molecular complexity index is 1280. The largest absolute Gasteiger partial charge is 0.507 e. The fraction of sp³-hybridized carbons (Fsp3) is 0.214. The predicted octanol–water partition coefficient (Wildman–Crippen LogP) is 4.94. The van der Waals surface area contributed by atoms with Crippen LogP contribution in [0.15, 0.2) is 72.3 Å². The highest BCUT2D eigenvalue weighted by Crippen LogP contribution is 2.42. The van der Waals surface area contributed by atoms with Gasteiger partial charge in [0.2, 0.25) is 0 Å². The minimum Gasteiger partial charge on any atom is -0.507 e. The molecular formula is C28H27NO5. The highest BCUT2D eigenvalue weighted by Gasteiger charge is 2.46. The monoisotopic (exact) mass is 457 g/mol. The number of benzene rings is 3. The second-order valence-electron chi connectivity index (χ2n) is 8.35. The summed E-state index contributed by atoms with van der Waals surface area (Å²) in [4.78, 5) is 28.1. The second-order valence-corrected chi connectivity index (χ2v) is 8.35. The molecule has 3 aromatic rings. The Kier molecular flexibility index (Phi) is 6.41. The van der Waals surface area contributed by atoms with Crippen LogP contribution in [0.4, 0.5) is 0 Å². The smallest absolute Gasteiger partial charge is 0.295 e. The van der Waals surface area contributed by atoms with E-state index < -0.39 is 17.7 Å². The van der Waals surface area contributed by atoms with Gasteiger partial charge in [-0.2, -0.15) is 0 Å². The Morgan fingerprint density at radius 2 is 1.68 bits per heavy atom. The number of carbonyl (C=O) groups excluding carboxylic acids is 2. The molecule has 1 unspecified atom stereocenters. The molecule has 1 amide bonds. The molecule has 174 valence electrons. The molecule has 34 heavy (non-hydrogen) atoms. The third-order valence-corrected chi connectivity index (χ3v) is 6.02. The molecule has 6 heteroatoms. The summed E-state index contributed by atoms with van der Waals surface area (Å²) in [6.45, 7) is 3.96. The Labute approximate surface area is 199 Å². The van der Waals surface area contributed by atoms with E-state index in [2.05, 4.69) is 0 Å². The van der Waals surface area contributed by atoms with Gasteiger partial charge in [-0.3, -0.25) is 9.59 Å². The van der Waals surface area contributed by atoms with Crippen molar-refractivity contribution in [2.75, 3.05) is 14.2 Å². The quantitative estimate of drug-likeness (QED) is 0.322. The van der Waals surface area contributed by atoms with Crippen LogP contribution in [0.5, 0.6) is 11.5 Å². The number of amides is 1. The number of nitrogens with zero attached hydrogens (tertiary/aromatic N) is 1. The Morgan fingerprint density at radius 3 is 2.35 bits per heavy atom. The van der Waals surface area contributed by atoms with Crippen LogP contribution in [0, 0.1) is 13.8 Å². The van der Waals surface area contributed by atoms with Gasteiger partial charge in [-0.25, -0.2) is 0 Å². The van der Waals surface area contributed by atoms with Crippen molar-refractivity contribution in [1.82, 2.24) is 4.90 Å². The zero-order chi connectivity index (χ0) is 24.4. The summed E-state index contributed by atoms with van der Waals surface area (Å²) >= 11 is 0. The molecule has 0 aromatic heterocycles. The lowest BCUT2D eigenvalue weighted by Gasteiger charge is -2.26. The van der Waals surface area contributed by atoms with Crippen molar-refractivity contribution in [3.63, 3.8) is 0 Å². The van der Waals surface area contributed by atoms with Crippen LogP contribution in [0.1, 0.15) is 33.9 Å². The number of aliphatic hydroxyl groups excluding tert-OH is 1. The van der Waals surface area contributed by atoms with E-state index in [1.54, 1.807) is 13.2 Å². The number of aliphatic hydroxyl groups is 1. The number of hydrogen-bond donors (Lipinski definition) is 1. The van der Waals surface area contributed by atoms with E-state index in [9.17, 15) is 14.7 Å². The molecule has 0 radical (unpaired) electrons. The van der Waals surface area contributed by atoms with Crippen molar-refractivity contribution in [2.45, 2.75) is 26.4 Å². The summed E-state index contributed by atoms with van der Waals surface area (Å²) in [5, 5.41) is 11.4. The van der Waals surface area contributed by atoms with Crippen molar-refractivity contribution < 1.29 is 24.2 Å². The molecule has 0 spiro atoms. The molecule has 0 bridgehead atoms. The SMILES string of the molecule is COc1cccc(CN2C(=O)C(=O)/C(=C(/O)c3cc(C)cc(C)c3OC)C2c2ccccc2)c1. The van der Waals surface area contributed by atoms with E-state index in [1.807, 2.05) is 74.5 Å². The molecule has 1 aliphatic heterocycles. The summed E-state index contributed by atoms with van der Waals surface area (Å²) in [7, 11) is 3.09. The van der Waals surface area contributed by atoms with Crippen LogP contribution in [0.2, 0.25) is 0 Å². The normalized spacial score (nSPS) is 17.2. The molecule has 1 aliphatic rings.